The summed E-state index contributed by atoms with van der Waals surface area (Å²) in [4.78, 5) is 45.3. The summed E-state index contributed by atoms with van der Waals surface area (Å²) in [5, 5.41) is 7.60. The monoisotopic (exact) mass is 393 g/mol. The normalized spacial score (nSPS) is 13.5. The summed E-state index contributed by atoms with van der Waals surface area (Å²) in [5.41, 5.74) is 2.84. The zero-order valence-electron chi connectivity index (χ0n) is 14.6. The molecule has 0 saturated carbocycles. The van der Waals surface area contributed by atoms with Crippen molar-refractivity contribution in [2.24, 2.45) is 0 Å². The molecule has 3 aromatic rings. The van der Waals surface area contributed by atoms with Gasteiger partial charge in [-0.05, 0) is 29.8 Å². The lowest BCUT2D eigenvalue weighted by Gasteiger charge is -2.12. The Labute approximate surface area is 164 Å². The van der Waals surface area contributed by atoms with Crippen molar-refractivity contribution < 1.29 is 14.4 Å². The molecule has 0 radical (unpaired) electrons. The number of benzene rings is 1. The average molecular weight is 393 g/mol. The summed E-state index contributed by atoms with van der Waals surface area (Å²) in [7, 11) is 0. The highest BCUT2D eigenvalue weighted by Crippen LogP contribution is 2.24. The molecule has 1 fully saturated rings. The fourth-order valence-corrected chi connectivity index (χ4v) is 3.42. The van der Waals surface area contributed by atoms with Gasteiger partial charge in [0.15, 0.2) is 5.13 Å². The van der Waals surface area contributed by atoms with E-state index in [0.717, 1.165) is 21.7 Å². The molecule has 4 amide bonds. The van der Waals surface area contributed by atoms with Crippen molar-refractivity contribution in [3.8, 4) is 11.3 Å². The SMILES string of the molecule is O=C(Nc1nc(-c2cccnc2)cs1)c1ccc(CN2C(=O)CNC2=O)cc1. The van der Waals surface area contributed by atoms with Gasteiger partial charge in [0.2, 0.25) is 5.91 Å². The second-order valence-corrected chi connectivity index (χ2v) is 6.93. The van der Waals surface area contributed by atoms with Crippen LogP contribution in [0.25, 0.3) is 11.3 Å². The van der Waals surface area contributed by atoms with Crippen molar-refractivity contribution in [3.63, 3.8) is 0 Å². The van der Waals surface area contributed by atoms with E-state index in [1.54, 1.807) is 36.7 Å². The lowest BCUT2D eigenvalue weighted by atomic mass is 10.1. The first-order chi connectivity index (χ1) is 13.6. The van der Waals surface area contributed by atoms with Gasteiger partial charge in [0.1, 0.15) is 0 Å². The number of imide groups is 1. The Kier molecular flexibility index (Phi) is 4.81. The maximum absolute atomic E-state index is 12.4. The van der Waals surface area contributed by atoms with Gasteiger partial charge in [-0.2, -0.15) is 0 Å². The van der Waals surface area contributed by atoms with E-state index >= 15 is 0 Å². The number of hydrogen-bond acceptors (Lipinski definition) is 6. The van der Waals surface area contributed by atoms with Crippen LogP contribution in [-0.2, 0) is 11.3 Å². The quantitative estimate of drug-likeness (QED) is 0.648. The topological polar surface area (TPSA) is 104 Å². The van der Waals surface area contributed by atoms with E-state index < -0.39 is 6.03 Å². The summed E-state index contributed by atoms with van der Waals surface area (Å²) in [6.45, 7) is 0.196. The number of aromatic nitrogens is 2. The highest BCUT2D eigenvalue weighted by molar-refractivity contribution is 7.14. The van der Waals surface area contributed by atoms with Crippen LogP contribution in [0.3, 0.4) is 0 Å². The molecular weight excluding hydrogens is 378 g/mol. The van der Waals surface area contributed by atoms with E-state index in [9.17, 15) is 14.4 Å². The molecule has 4 rings (SSSR count). The minimum Gasteiger partial charge on any atom is -0.329 e. The van der Waals surface area contributed by atoms with E-state index in [-0.39, 0.29) is 24.9 Å². The van der Waals surface area contributed by atoms with Crippen LogP contribution in [0.15, 0.2) is 54.2 Å². The number of anilines is 1. The number of rotatable bonds is 5. The Morgan fingerprint density at radius 1 is 1.21 bits per heavy atom. The fraction of sp³-hybridized carbons (Fsp3) is 0.105. The average Bonchev–Trinajstić information content (AvgIpc) is 3.31. The van der Waals surface area contributed by atoms with E-state index in [0.29, 0.717) is 10.7 Å². The van der Waals surface area contributed by atoms with Gasteiger partial charge in [0.25, 0.3) is 5.91 Å². The standard InChI is InChI=1S/C19H15N5O3S/c25-16-9-21-19(27)24(16)10-12-3-5-13(6-4-12)17(26)23-18-22-15(11-28-18)14-2-1-7-20-8-14/h1-8,11H,9-10H2,(H,21,27)(H,22,23,26). The molecule has 8 nitrogen and oxygen atoms in total. The highest BCUT2D eigenvalue weighted by Gasteiger charge is 2.28. The highest BCUT2D eigenvalue weighted by atomic mass is 32.1. The number of thiazole rings is 1. The first-order valence-corrected chi connectivity index (χ1v) is 9.32. The molecule has 0 aliphatic carbocycles. The second kappa shape index (κ2) is 7.57. The lowest BCUT2D eigenvalue weighted by molar-refractivity contribution is -0.125. The van der Waals surface area contributed by atoms with E-state index in [1.165, 1.54) is 11.3 Å². The molecule has 140 valence electrons. The molecule has 1 saturated heterocycles. The van der Waals surface area contributed by atoms with Gasteiger partial charge < -0.3 is 5.32 Å². The molecule has 3 heterocycles. The Balaban J connectivity index is 1.41. The Bertz CT molecular complexity index is 1020. The molecule has 2 N–H and O–H groups in total. The molecular formula is C19H15N5O3S. The molecule has 28 heavy (non-hydrogen) atoms. The largest absolute Gasteiger partial charge is 0.329 e. The summed E-state index contributed by atoms with van der Waals surface area (Å²) in [5.74, 6) is -0.548. The zero-order valence-corrected chi connectivity index (χ0v) is 15.4. The third-order valence-electron chi connectivity index (χ3n) is 4.18. The minimum absolute atomic E-state index is 0.0220. The predicted octanol–water partition coefficient (Wildman–Crippen LogP) is 2.51. The second-order valence-electron chi connectivity index (χ2n) is 6.07. The van der Waals surface area contributed by atoms with Gasteiger partial charge in [0, 0.05) is 28.9 Å². The third kappa shape index (κ3) is 3.74. The molecule has 2 aromatic heterocycles. The molecule has 1 aliphatic heterocycles. The number of carbonyl (C=O) groups excluding carboxylic acids is 3. The van der Waals surface area contributed by atoms with Gasteiger partial charge in [-0.25, -0.2) is 9.78 Å². The van der Waals surface area contributed by atoms with Crippen molar-refractivity contribution in [2.75, 3.05) is 11.9 Å². The Morgan fingerprint density at radius 3 is 2.71 bits per heavy atom. The van der Waals surface area contributed by atoms with Crippen LogP contribution < -0.4 is 10.6 Å². The molecule has 1 aliphatic rings. The number of carbonyl (C=O) groups is 3. The summed E-state index contributed by atoms with van der Waals surface area (Å²) in [6, 6.07) is 10.1. The smallest absolute Gasteiger partial charge is 0.324 e. The van der Waals surface area contributed by atoms with Gasteiger partial charge in [0.05, 0.1) is 18.8 Å². The van der Waals surface area contributed by atoms with E-state index in [1.807, 2.05) is 17.5 Å². The van der Waals surface area contributed by atoms with Gasteiger partial charge in [-0.15, -0.1) is 11.3 Å². The fourth-order valence-electron chi connectivity index (χ4n) is 2.71. The van der Waals surface area contributed by atoms with Crippen molar-refractivity contribution in [3.05, 3.63) is 65.3 Å². The number of nitrogens with one attached hydrogen (secondary N) is 2. The van der Waals surface area contributed by atoms with Crippen molar-refractivity contribution in [1.82, 2.24) is 20.2 Å². The van der Waals surface area contributed by atoms with Crippen LogP contribution in [0.5, 0.6) is 0 Å². The van der Waals surface area contributed by atoms with Crippen molar-refractivity contribution in [1.29, 1.82) is 0 Å². The third-order valence-corrected chi connectivity index (χ3v) is 4.93. The Hall–Kier alpha value is -3.59. The molecule has 0 bridgehead atoms. The van der Waals surface area contributed by atoms with Crippen molar-refractivity contribution >= 4 is 34.3 Å². The maximum atomic E-state index is 12.4. The zero-order chi connectivity index (χ0) is 19.5. The minimum atomic E-state index is -0.403. The maximum Gasteiger partial charge on any atom is 0.324 e. The molecule has 0 spiro atoms. The van der Waals surface area contributed by atoms with Crippen LogP contribution in [0.4, 0.5) is 9.93 Å². The molecule has 1 aromatic carbocycles. The van der Waals surface area contributed by atoms with E-state index in [2.05, 4.69) is 20.6 Å². The van der Waals surface area contributed by atoms with Crippen LogP contribution in [-0.4, -0.2) is 39.3 Å². The summed E-state index contributed by atoms with van der Waals surface area (Å²) in [6.07, 6.45) is 3.40. The summed E-state index contributed by atoms with van der Waals surface area (Å²) >= 11 is 1.33. The van der Waals surface area contributed by atoms with Gasteiger partial charge in [-0.3, -0.25) is 24.8 Å². The van der Waals surface area contributed by atoms with Crippen LogP contribution >= 0.6 is 11.3 Å². The number of amides is 4. The predicted molar refractivity (Wildman–Crippen MR) is 104 cm³/mol. The number of nitrogens with zero attached hydrogens (tertiary/aromatic N) is 3. The molecule has 9 heteroatoms. The number of pyridine rings is 1. The van der Waals surface area contributed by atoms with Crippen molar-refractivity contribution in [2.45, 2.75) is 6.54 Å². The van der Waals surface area contributed by atoms with Gasteiger partial charge >= 0.3 is 6.03 Å². The van der Waals surface area contributed by atoms with E-state index in [4.69, 9.17) is 0 Å². The van der Waals surface area contributed by atoms with Gasteiger partial charge in [-0.1, -0.05) is 12.1 Å². The lowest BCUT2D eigenvalue weighted by Crippen LogP contribution is -2.30. The molecule has 0 unspecified atom stereocenters. The Morgan fingerprint density at radius 2 is 2.04 bits per heavy atom. The summed E-state index contributed by atoms with van der Waals surface area (Å²) < 4.78 is 0. The number of hydrogen-bond donors (Lipinski definition) is 2. The van der Waals surface area contributed by atoms with Crippen LogP contribution in [0, 0.1) is 0 Å². The first kappa shape index (κ1) is 17.8. The first-order valence-electron chi connectivity index (χ1n) is 8.44. The van der Waals surface area contributed by atoms with Crippen LogP contribution in [0.1, 0.15) is 15.9 Å². The number of urea groups is 1. The molecule has 0 atom stereocenters. The van der Waals surface area contributed by atoms with Crippen LogP contribution in [0.2, 0.25) is 0 Å².